The number of rotatable bonds is 3. The van der Waals surface area contributed by atoms with Crippen LogP contribution in [0.25, 0.3) is 10.8 Å². The first-order valence-electron chi connectivity index (χ1n) is 6.74. The van der Waals surface area contributed by atoms with E-state index in [0.717, 1.165) is 16.3 Å². The van der Waals surface area contributed by atoms with Gasteiger partial charge in [0.2, 0.25) is 0 Å². The fourth-order valence-electron chi connectivity index (χ4n) is 2.17. The Bertz CT molecular complexity index is 932. The molecule has 22 heavy (non-hydrogen) atoms. The first kappa shape index (κ1) is 14.4. The lowest BCUT2D eigenvalue weighted by atomic mass is 10.1. The highest BCUT2D eigenvalue weighted by atomic mass is 32.2. The summed E-state index contributed by atoms with van der Waals surface area (Å²) in [5.74, 6) is 0.290. The standard InChI is InChI=1S/C17H15NO3S/c1-12-2-7-16(8-3-12)21-22(19,20)17-9-5-13-4-6-15(18)10-14(13)11-17/h2-11H,18H2,1H3. The van der Waals surface area contributed by atoms with E-state index in [-0.39, 0.29) is 4.90 Å². The first-order valence-corrected chi connectivity index (χ1v) is 8.15. The minimum atomic E-state index is -3.87. The van der Waals surface area contributed by atoms with Gasteiger partial charge in [0, 0.05) is 5.69 Å². The number of nitrogens with two attached hydrogens (primary N) is 1. The van der Waals surface area contributed by atoms with Gasteiger partial charge in [0.15, 0.2) is 0 Å². The number of aryl methyl sites for hydroxylation is 1. The predicted molar refractivity (Wildman–Crippen MR) is 87.4 cm³/mol. The quantitative estimate of drug-likeness (QED) is 0.593. The molecule has 4 nitrogen and oxygen atoms in total. The molecule has 0 aliphatic carbocycles. The smallest absolute Gasteiger partial charge is 0.339 e. The molecule has 0 heterocycles. The van der Waals surface area contributed by atoms with Gasteiger partial charge in [0.05, 0.1) is 0 Å². The van der Waals surface area contributed by atoms with Crippen LogP contribution in [0.3, 0.4) is 0 Å². The van der Waals surface area contributed by atoms with Gasteiger partial charge in [-0.2, -0.15) is 8.42 Å². The fourth-order valence-corrected chi connectivity index (χ4v) is 3.13. The van der Waals surface area contributed by atoms with Crippen molar-refractivity contribution < 1.29 is 12.6 Å². The molecular formula is C17H15NO3S. The third-order valence-electron chi connectivity index (χ3n) is 3.35. The Morgan fingerprint density at radius 2 is 1.55 bits per heavy atom. The first-order chi connectivity index (χ1) is 10.4. The van der Waals surface area contributed by atoms with Crippen LogP contribution in [0.5, 0.6) is 5.75 Å². The van der Waals surface area contributed by atoms with Gasteiger partial charge in [-0.15, -0.1) is 0 Å². The summed E-state index contributed by atoms with van der Waals surface area (Å²) in [6.45, 7) is 1.92. The van der Waals surface area contributed by atoms with Crippen molar-refractivity contribution in [3.05, 3.63) is 66.2 Å². The molecule has 112 valence electrons. The highest BCUT2D eigenvalue weighted by Crippen LogP contribution is 2.24. The van der Waals surface area contributed by atoms with Crippen LogP contribution in [0, 0.1) is 6.92 Å². The zero-order chi connectivity index (χ0) is 15.7. The van der Waals surface area contributed by atoms with Crippen LogP contribution in [0.15, 0.2) is 65.6 Å². The summed E-state index contributed by atoms with van der Waals surface area (Å²) >= 11 is 0. The van der Waals surface area contributed by atoms with Crippen LogP contribution in [-0.4, -0.2) is 8.42 Å². The van der Waals surface area contributed by atoms with E-state index >= 15 is 0 Å². The Hall–Kier alpha value is -2.53. The van der Waals surface area contributed by atoms with E-state index in [1.165, 1.54) is 6.07 Å². The van der Waals surface area contributed by atoms with Crippen molar-refractivity contribution in [1.82, 2.24) is 0 Å². The van der Waals surface area contributed by atoms with Gasteiger partial charge in [0.1, 0.15) is 10.6 Å². The lowest BCUT2D eigenvalue weighted by molar-refractivity contribution is 0.486. The second-order valence-electron chi connectivity index (χ2n) is 5.12. The van der Waals surface area contributed by atoms with Crippen LogP contribution in [0.2, 0.25) is 0 Å². The van der Waals surface area contributed by atoms with Crippen molar-refractivity contribution >= 4 is 26.6 Å². The topological polar surface area (TPSA) is 69.4 Å². The monoisotopic (exact) mass is 313 g/mol. The highest BCUT2D eigenvalue weighted by molar-refractivity contribution is 7.87. The summed E-state index contributed by atoms with van der Waals surface area (Å²) in [4.78, 5) is 0.103. The van der Waals surface area contributed by atoms with E-state index in [9.17, 15) is 8.42 Å². The normalized spacial score (nSPS) is 11.5. The van der Waals surface area contributed by atoms with Gasteiger partial charge in [-0.05, 0) is 54.1 Å². The minimum Gasteiger partial charge on any atom is -0.399 e. The van der Waals surface area contributed by atoms with Crippen molar-refractivity contribution in [2.24, 2.45) is 0 Å². The van der Waals surface area contributed by atoms with Gasteiger partial charge in [0.25, 0.3) is 0 Å². The van der Waals surface area contributed by atoms with E-state index in [4.69, 9.17) is 9.92 Å². The van der Waals surface area contributed by atoms with Crippen molar-refractivity contribution in [3.63, 3.8) is 0 Å². The Labute approximate surface area is 129 Å². The minimum absolute atomic E-state index is 0.103. The summed E-state index contributed by atoms with van der Waals surface area (Å²) in [5, 5.41) is 1.68. The Balaban J connectivity index is 1.99. The van der Waals surface area contributed by atoms with Gasteiger partial charge >= 0.3 is 10.1 Å². The van der Waals surface area contributed by atoms with E-state index in [1.807, 2.05) is 13.0 Å². The average molecular weight is 313 g/mol. The van der Waals surface area contributed by atoms with Gasteiger partial charge in [-0.25, -0.2) is 0 Å². The summed E-state index contributed by atoms with van der Waals surface area (Å²) in [6, 6.07) is 17.1. The van der Waals surface area contributed by atoms with Crippen LogP contribution in [0.4, 0.5) is 5.69 Å². The molecule has 0 aliphatic rings. The molecule has 3 aromatic carbocycles. The molecule has 3 rings (SSSR count). The predicted octanol–water partition coefficient (Wildman–Crippen LogP) is 3.50. The number of fused-ring (bicyclic) bond motifs is 1. The summed E-state index contributed by atoms with van der Waals surface area (Å²) < 4.78 is 29.9. The van der Waals surface area contributed by atoms with Crippen molar-refractivity contribution in [1.29, 1.82) is 0 Å². The molecule has 0 saturated heterocycles. The van der Waals surface area contributed by atoms with Crippen LogP contribution in [0.1, 0.15) is 5.56 Å². The van der Waals surface area contributed by atoms with E-state index in [2.05, 4.69) is 0 Å². The molecule has 2 N–H and O–H groups in total. The zero-order valence-corrected chi connectivity index (χ0v) is 12.8. The average Bonchev–Trinajstić information content (AvgIpc) is 2.48. The molecule has 0 bridgehead atoms. The molecule has 0 fully saturated rings. The number of hydrogen-bond donors (Lipinski definition) is 1. The maximum Gasteiger partial charge on any atom is 0.339 e. The number of nitrogen functional groups attached to an aromatic ring is 1. The maximum absolute atomic E-state index is 12.4. The molecule has 0 radical (unpaired) electrons. The SMILES string of the molecule is Cc1ccc(OS(=O)(=O)c2ccc3ccc(N)cc3c2)cc1. The number of hydrogen-bond acceptors (Lipinski definition) is 4. The number of anilines is 1. The van der Waals surface area contributed by atoms with Gasteiger partial charge < -0.3 is 9.92 Å². The van der Waals surface area contributed by atoms with Crippen LogP contribution in [-0.2, 0) is 10.1 Å². The highest BCUT2D eigenvalue weighted by Gasteiger charge is 2.17. The van der Waals surface area contributed by atoms with Crippen molar-refractivity contribution in [2.45, 2.75) is 11.8 Å². The van der Waals surface area contributed by atoms with Crippen molar-refractivity contribution in [3.8, 4) is 5.75 Å². The van der Waals surface area contributed by atoms with Crippen molar-refractivity contribution in [2.75, 3.05) is 5.73 Å². The lowest BCUT2D eigenvalue weighted by Gasteiger charge is -2.08. The third-order valence-corrected chi connectivity index (χ3v) is 4.59. The van der Waals surface area contributed by atoms with E-state index in [1.54, 1.807) is 48.5 Å². The second kappa shape index (κ2) is 5.35. The van der Waals surface area contributed by atoms with Gasteiger partial charge in [-0.1, -0.05) is 29.8 Å². The maximum atomic E-state index is 12.4. The Kier molecular flexibility index (Phi) is 3.50. The second-order valence-corrected chi connectivity index (χ2v) is 6.67. The molecule has 3 aromatic rings. The molecule has 0 atom stereocenters. The number of benzene rings is 3. The Morgan fingerprint density at radius 1 is 0.864 bits per heavy atom. The molecule has 0 amide bonds. The summed E-state index contributed by atoms with van der Waals surface area (Å²) in [7, 11) is -3.87. The Morgan fingerprint density at radius 3 is 2.27 bits per heavy atom. The summed E-state index contributed by atoms with van der Waals surface area (Å²) in [5.41, 5.74) is 7.36. The molecular weight excluding hydrogens is 298 g/mol. The molecule has 0 aromatic heterocycles. The van der Waals surface area contributed by atoms with E-state index < -0.39 is 10.1 Å². The molecule has 0 saturated carbocycles. The van der Waals surface area contributed by atoms with Crippen LogP contribution >= 0.6 is 0 Å². The van der Waals surface area contributed by atoms with Gasteiger partial charge in [-0.3, -0.25) is 0 Å². The molecule has 0 unspecified atom stereocenters. The lowest BCUT2D eigenvalue weighted by Crippen LogP contribution is -2.09. The third kappa shape index (κ3) is 2.89. The zero-order valence-electron chi connectivity index (χ0n) is 12.0. The molecule has 0 aliphatic heterocycles. The van der Waals surface area contributed by atoms with Crippen LogP contribution < -0.4 is 9.92 Å². The summed E-state index contributed by atoms with van der Waals surface area (Å²) in [6.07, 6.45) is 0. The molecule has 5 heteroatoms. The largest absolute Gasteiger partial charge is 0.399 e. The fraction of sp³-hybridized carbons (Fsp3) is 0.0588. The molecule has 0 spiro atoms. The van der Waals surface area contributed by atoms with E-state index in [0.29, 0.717) is 11.4 Å².